The molecule has 43 heavy (non-hydrogen) atoms. The minimum Gasteiger partial charge on any atom is -0.410 e. The van der Waals surface area contributed by atoms with Crippen molar-refractivity contribution in [2.75, 3.05) is 32.7 Å². The number of carbonyl (C=O) groups excluding carboxylic acids is 3. The minimum absolute atomic E-state index is 0.0933. The monoisotopic (exact) mass is 623 g/mol. The number of halogens is 5. The topological polar surface area (TPSA) is 70.2 Å². The number of benzene rings is 2. The molecular weight excluding hydrogens is 590 g/mol. The maximum absolute atomic E-state index is 13.7. The van der Waals surface area contributed by atoms with Gasteiger partial charge in [-0.25, -0.2) is 9.18 Å². The Bertz CT molecular complexity index is 1330. The highest BCUT2D eigenvalue weighted by atomic mass is 35.5. The number of rotatable bonds is 6. The molecule has 1 aliphatic carbocycles. The van der Waals surface area contributed by atoms with Gasteiger partial charge in [0.1, 0.15) is 17.0 Å². The van der Waals surface area contributed by atoms with Crippen LogP contribution in [0.2, 0.25) is 5.02 Å². The zero-order chi connectivity index (χ0) is 30.9. The molecule has 2 atom stereocenters. The number of likely N-dealkylation sites (tertiary alicyclic amines) is 2. The maximum atomic E-state index is 13.7. The summed E-state index contributed by atoms with van der Waals surface area (Å²) in [6.07, 6.45) is -4.67. The van der Waals surface area contributed by atoms with E-state index in [0.717, 1.165) is 5.56 Å². The number of hydrogen-bond donors (Lipinski definition) is 0. The predicted molar refractivity (Wildman–Crippen MR) is 151 cm³/mol. The molecule has 0 radical (unpaired) electrons. The standard InChI is InChI=1S/C31H34ClF4N3O4/c1-2-39(29(42)43-24-10-8-23(33)9-11-24)26-19-38(18-25(26)20-4-6-22(32)7-5-20)27(40)21-12-16-37(17-13-21)28(41)30(14-3-15-30)31(34,35)36/h4-11,21,25-26H,2-3,12-19H2,1H3. The summed E-state index contributed by atoms with van der Waals surface area (Å²) in [7, 11) is 0. The Hall–Kier alpha value is -3.34. The molecule has 2 saturated heterocycles. The second-order valence-corrected chi connectivity index (χ2v) is 12.0. The van der Waals surface area contributed by atoms with Crippen molar-refractivity contribution in [2.24, 2.45) is 11.3 Å². The van der Waals surface area contributed by atoms with Gasteiger partial charge in [-0.15, -0.1) is 0 Å². The summed E-state index contributed by atoms with van der Waals surface area (Å²) in [6, 6.07) is 11.9. The minimum atomic E-state index is -4.58. The van der Waals surface area contributed by atoms with Gasteiger partial charge >= 0.3 is 12.3 Å². The second kappa shape index (κ2) is 12.3. The average molecular weight is 624 g/mol. The van der Waals surface area contributed by atoms with Crippen LogP contribution in [-0.2, 0) is 9.59 Å². The van der Waals surface area contributed by atoms with Crippen LogP contribution < -0.4 is 4.74 Å². The van der Waals surface area contributed by atoms with Crippen LogP contribution in [0.5, 0.6) is 5.75 Å². The third-order valence-electron chi connectivity index (χ3n) is 9.18. The lowest BCUT2D eigenvalue weighted by atomic mass is 9.67. The molecule has 3 aliphatic rings. The molecule has 5 rings (SSSR count). The molecule has 0 N–H and O–H groups in total. The third-order valence-corrected chi connectivity index (χ3v) is 9.44. The smallest absolute Gasteiger partial charge is 0.410 e. The van der Waals surface area contributed by atoms with Gasteiger partial charge in [-0.1, -0.05) is 30.2 Å². The van der Waals surface area contributed by atoms with E-state index in [4.69, 9.17) is 16.3 Å². The number of piperidine rings is 1. The zero-order valence-electron chi connectivity index (χ0n) is 23.8. The summed E-state index contributed by atoms with van der Waals surface area (Å²) in [6.45, 7) is 2.83. The fourth-order valence-corrected chi connectivity index (χ4v) is 6.65. The Morgan fingerprint density at radius 1 is 0.977 bits per heavy atom. The van der Waals surface area contributed by atoms with Gasteiger partial charge in [-0.3, -0.25) is 9.59 Å². The van der Waals surface area contributed by atoms with Crippen molar-refractivity contribution in [1.29, 1.82) is 0 Å². The van der Waals surface area contributed by atoms with Gasteiger partial charge in [0.05, 0.1) is 6.04 Å². The molecule has 0 bridgehead atoms. The van der Waals surface area contributed by atoms with E-state index in [2.05, 4.69) is 0 Å². The van der Waals surface area contributed by atoms with E-state index in [0.29, 0.717) is 18.0 Å². The highest BCUT2D eigenvalue weighted by Gasteiger charge is 2.64. The van der Waals surface area contributed by atoms with E-state index < -0.39 is 41.4 Å². The van der Waals surface area contributed by atoms with Crippen LogP contribution in [0.3, 0.4) is 0 Å². The quantitative estimate of drug-likeness (QED) is 0.356. The summed E-state index contributed by atoms with van der Waals surface area (Å²) in [5.41, 5.74) is -1.40. The van der Waals surface area contributed by atoms with E-state index in [9.17, 15) is 31.9 Å². The van der Waals surface area contributed by atoms with Gasteiger partial charge in [0.2, 0.25) is 11.8 Å². The Labute approximate surface area is 252 Å². The predicted octanol–water partition coefficient (Wildman–Crippen LogP) is 6.27. The molecule has 2 heterocycles. The summed E-state index contributed by atoms with van der Waals surface area (Å²) in [5, 5.41) is 0.546. The van der Waals surface area contributed by atoms with Crippen LogP contribution in [0.25, 0.3) is 0 Å². The average Bonchev–Trinajstić information content (AvgIpc) is 3.38. The van der Waals surface area contributed by atoms with Crippen LogP contribution in [0.4, 0.5) is 22.4 Å². The zero-order valence-corrected chi connectivity index (χ0v) is 24.5. The Morgan fingerprint density at radius 3 is 2.14 bits per heavy atom. The molecule has 3 fully saturated rings. The van der Waals surface area contributed by atoms with Gasteiger partial charge in [0, 0.05) is 49.6 Å². The first-order chi connectivity index (χ1) is 20.4. The molecular formula is C31H34ClF4N3O4. The number of ether oxygens (including phenoxy) is 1. The van der Waals surface area contributed by atoms with Crippen LogP contribution in [0.15, 0.2) is 48.5 Å². The highest BCUT2D eigenvalue weighted by Crippen LogP contribution is 2.54. The lowest BCUT2D eigenvalue weighted by Gasteiger charge is -2.45. The second-order valence-electron chi connectivity index (χ2n) is 11.6. The summed E-state index contributed by atoms with van der Waals surface area (Å²) < 4.78 is 60.1. The van der Waals surface area contributed by atoms with Crippen molar-refractivity contribution < 1.29 is 36.7 Å². The van der Waals surface area contributed by atoms with E-state index in [1.807, 2.05) is 12.1 Å². The number of amides is 3. The van der Waals surface area contributed by atoms with Crippen LogP contribution in [-0.4, -0.2) is 77.5 Å². The SMILES string of the molecule is CCN(C(=O)Oc1ccc(F)cc1)C1CN(C(=O)C2CCN(C(=O)C3(C(F)(F)F)CCC3)CC2)CC1c1ccc(Cl)cc1. The van der Waals surface area contributed by atoms with Gasteiger partial charge in [-0.05, 0) is 74.6 Å². The third kappa shape index (κ3) is 6.18. The fraction of sp³-hybridized carbons (Fsp3) is 0.516. The largest absolute Gasteiger partial charge is 0.415 e. The lowest BCUT2D eigenvalue weighted by Crippen LogP contribution is -2.57. The Morgan fingerprint density at radius 2 is 1.60 bits per heavy atom. The fourth-order valence-electron chi connectivity index (χ4n) is 6.52. The van der Waals surface area contributed by atoms with E-state index in [1.54, 1.807) is 28.9 Å². The number of hydrogen-bond acceptors (Lipinski definition) is 4. The maximum Gasteiger partial charge on any atom is 0.415 e. The molecule has 0 spiro atoms. The number of alkyl halides is 3. The normalized spacial score (nSPS) is 22.2. The number of likely N-dealkylation sites (N-methyl/N-ethyl adjacent to an activating group) is 1. The molecule has 2 aromatic rings. The molecule has 1 saturated carbocycles. The van der Waals surface area contributed by atoms with E-state index in [1.165, 1.54) is 29.2 Å². The summed E-state index contributed by atoms with van der Waals surface area (Å²) >= 11 is 6.11. The van der Waals surface area contributed by atoms with Gasteiger partial charge in [-0.2, -0.15) is 13.2 Å². The molecule has 2 aliphatic heterocycles. The highest BCUT2D eigenvalue weighted by molar-refractivity contribution is 6.30. The first kappa shape index (κ1) is 31.1. The molecule has 12 heteroatoms. The lowest BCUT2D eigenvalue weighted by molar-refractivity contribution is -0.249. The summed E-state index contributed by atoms with van der Waals surface area (Å²) in [5.74, 6) is -2.00. The van der Waals surface area contributed by atoms with Crippen molar-refractivity contribution in [2.45, 2.75) is 57.2 Å². The van der Waals surface area contributed by atoms with E-state index >= 15 is 0 Å². The first-order valence-electron chi connectivity index (χ1n) is 14.6. The van der Waals surface area contributed by atoms with Crippen molar-refractivity contribution in [3.8, 4) is 5.75 Å². The van der Waals surface area contributed by atoms with Crippen LogP contribution in [0, 0.1) is 17.2 Å². The molecule has 2 unspecified atom stereocenters. The molecule has 7 nitrogen and oxygen atoms in total. The molecule has 3 amide bonds. The molecule has 0 aromatic heterocycles. The van der Waals surface area contributed by atoms with Gasteiger partial charge < -0.3 is 19.4 Å². The molecule has 2 aromatic carbocycles. The van der Waals surface area contributed by atoms with Crippen LogP contribution in [0.1, 0.15) is 50.5 Å². The molecule has 232 valence electrons. The Balaban J connectivity index is 1.29. The Kier molecular flexibility index (Phi) is 8.92. The van der Waals surface area contributed by atoms with Crippen molar-refractivity contribution in [3.63, 3.8) is 0 Å². The first-order valence-corrected chi connectivity index (χ1v) is 15.0. The van der Waals surface area contributed by atoms with Gasteiger partial charge in [0.25, 0.3) is 0 Å². The van der Waals surface area contributed by atoms with Crippen molar-refractivity contribution in [1.82, 2.24) is 14.7 Å². The van der Waals surface area contributed by atoms with Crippen molar-refractivity contribution in [3.05, 3.63) is 64.9 Å². The summed E-state index contributed by atoms with van der Waals surface area (Å²) in [4.78, 5) is 44.4. The number of nitrogens with zero attached hydrogens (tertiary/aromatic N) is 3. The van der Waals surface area contributed by atoms with Crippen LogP contribution >= 0.6 is 11.6 Å². The van der Waals surface area contributed by atoms with Gasteiger partial charge in [0.15, 0.2) is 0 Å². The number of carbonyl (C=O) groups is 3. The van der Waals surface area contributed by atoms with E-state index in [-0.39, 0.29) is 69.4 Å². The van der Waals surface area contributed by atoms with Crippen molar-refractivity contribution >= 4 is 29.5 Å².